The summed E-state index contributed by atoms with van der Waals surface area (Å²) in [6.45, 7) is 5.54. The minimum Gasteiger partial charge on any atom is -0.361 e. The third kappa shape index (κ3) is 4.00. The van der Waals surface area contributed by atoms with Crippen molar-refractivity contribution in [3.8, 4) is 10.4 Å². The number of aryl methyl sites for hydroxylation is 2. The number of thiophene rings is 1. The third-order valence-corrected chi connectivity index (χ3v) is 6.49. The normalized spacial score (nSPS) is 14.2. The molecule has 1 fully saturated rings. The highest BCUT2D eigenvalue weighted by Gasteiger charge is 2.27. The van der Waals surface area contributed by atoms with Crippen LogP contribution in [0.2, 0.25) is 0 Å². The summed E-state index contributed by atoms with van der Waals surface area (Å²) in [7, 11) is 0. The Kier molecular flexibility index (Phi) is 5.67. The second-order valence-electron chi connectivity index (χ2n) is 7.30. The van der Waals surface area contributed by atoms with E-state index in [1.165, 1.54) is 17.4 Å². The number of amides is 2. The van der Waals surface area contributed by atoms with E-state index in [0.717, 1.165) is 16.1 Å². The van der Waals surface area contributed by atoms with E-state index in [0.29, 0.717) is 42.4 Å². The number of benzene rings is 1. The molecule has 156 valence electrons. The Morgan fingerprint density at radius 1 is 1.07 bits per heavy atom. The van der Waals surface area contributed by atoms with Gasteiger partial charge in [-0.05, 0) is 32.0 Å². The smallest absolute Gasteiger partial charge is 0.264 e. The van der Waals surface area contributed by atoms with E-state index >= 15 is 0 Å². The molecule has 0 atom stereocenters. The monoisotopic (exact) mass is 427 g/mol. The first-order valence-corrected chi connectivity index (χ1v) is 10.6. The van der Waals surface area contributed by atoms with Gasteiger partial charge >= 0.3 is 0 Å². The van der Waals surface area contributed by atoms with Crippen LogP contribution in [0.1, 0.15) is 26.7 Å². The molecule has 1 saturated heterocycles. The van der Waals surface area contributed by atoms with Gasteiger partial charge in [0, 0.05) is 42.2 Å². The molecule has 0 aliphatic carbocycles. The van der Waals surface area contributed by atoms with Gasteiger partial charge in [-0.1, -0.05) is 23.4 Å². The number of nitrogens with zero attached hydrogens (tertiary/aromatic N) is 3. The lowest BCUT2D eigenvalue weighted by Gasteiger charge is -2.34. The molecule has 3 aromatic rings. The van der Waals surface area contributed by atoms with Crippen molar-refractivity contribution in [2.45, 2.75) is 20.3 Å². The second-order valence-corrected chi connectivity index (χ2v) is 8.38. The van der Waals surface area contributed by atoms with E-state index < -0.39 is 0 Å². The maximum absolute atomic E-state index is 14.0. The average molecular weight is 428 g/mol. The SMILES string of the molecule is Cc1noc(C)c1CC(=O)N1CCN(C(=O)c2ccc(-c3ccccc3F)s2)CC1. The van der Waals surface area contributed by atoms with Crippen LogP contribution in [0.15, 0.2) is 40.9 Å². The van der Waals surface area contributed by atoms with E-state index in [4.69, 9.17) is 4.52 Å². The molecule has 3 heterocycles. The zero-order valence-corrected chi connectivity index (χ0v) is 17.7. The fourth-order valence-corrected chi connectivity index (χ4v) is 4.59. The molecule has 2 amide bonds. The van der Waals surface area contributed by atoms with Gasteiger partial charge in [-0.2, -0.15) is 0 Å². The predicted octanol–water partition coefficient (Wildman–Crippen LogP) is 3.69. The Balaban J connectivity index is 1.37. The number of hydrogen-bond donors (Lipinski definition) is 0. The van der Waals surface area contributed by atoms with Crippen LogP contribution >= 0.6 is 11.3 Å². The minimum absolute atomic E-state index is 0.00876. The molecule has 8 heteroatoms. The van der Waals surface area contributed by atoms with Gasteiger partial charge in [-0.15, -0.1) is 11.3 Å². The van der Waals surface area contributed by atoms with E-state index in [-0.39, 0.29) is 24.1 Å². The first-order valence-electron chi connectivity index (χ1n) is 9.77. The molecular weight excluding hydrogens is 405 g/mol. The molecule has 0 unspecified atom stereocenters. The highest BCUT2D eigenvalue weighted by molar-refractivity contribution is 7.17. The molecule has 0 saturated carbocycles. The molecule has 4 rings (SSSR count). The summed E-state index contributed by atoms with van der Waals surface area (Å²) in [4.78, 5) is 30.3. The van der Waals surface area contributed by atoms with Crippen LogP contribution in [0.4, 0.5) is 4.39 Å². The van der Waals surface area contributed by atoms with Crippen LogP contribution in [0.5, 0.6) is 0 Å². The zero-order valence-electron chi connectivity index (χ0n) is 16.9. The lowest BCUT2D eigenvalue weighted by atomic mass is 10.1. The summed E-state index contributed by atoms with van der Waals surface area (Å²) in [5.41, 5.74) is 2.06. The van der Waals surface area contributed by atoms with Crippen LogP contribution in [0, 0.1) is 19.7 Å². The molecule has 2 aromatic heterocycles. The van der Waals surface area contributed by atoms with Crippen LogP contribution in [0.3, 0.4) is 0 Å². The molecule has 0 radical (unpaired) electrons. The molecule has 1 aliphatic rings. The molecule has 6 nitrogen and oxygen atoms in total. The number of halogens is 1. The molecule has 1 aliphatic heterocycles. The largest absolute Gasteiger partial charge is 0.361 e. The summed E-state index contributed by atoms with van der Waals surface area (Å²) in [5.74, 6) is 0.289. The molecule has 0 spiro atoms. The maximum atomic E-state index is 14.0. The van der Waals surface area contributed by atoms with Gasteiger partial charge in [-0.25, -0.2) is 4.39 Å². The highest BCUT2D eigenvalue weighted by Crippen LogP contribution is 2.30. The average Bonchev–Trinajstić information content (AvgIpc) is 3.36. The van der Waals surface area contributed by atoms with Gasteiger partial charge < -0.3 is 14.3 Å². The Labute approximate surface area is 177 Å². The quantitative estimate of drug-likeness (QED) is 0.637. The lowest BCUT2D eigenvalue weighted by molar-refractivity contribution is -0.131. The van der Waals surface area contributed by atoms with Gasteiger partial charge in [0.1, 0.15) is 11.6 Å². The van der Waals surface area contributed by atoms with Crippen molar-refractivity contribution < 1.29 is 18.5 Å². The number of hydrogen-bond acceptors (Lipinski definition) is 5. The number of piperazine rings is 1. The van der Waals surface area contributed by atoms with E-state index in [9.17, 15) is 14.0 Å². The highest BCUT2D eigenvalue weighted by atomic mass is 32.1. The zero-order chi connectivity index (χ0) is 21.3. The van der Waals surface area contributed by atoms with Crippen molar-refractivity contribution in [3.05, 3.63) is 64.1 Å². The van der Waals surface area contributed by atoms with Gasteiger partial charge in [0.15, 0.2) is 0 Å². The Morgan fingerprint density at radius 3 is 2.43 bits per heavy atom. The van der Waals surface area contributed by atoms with Gasteiger partial charge in [0.2, 0.25) is 5.91 Å². The van der Waals surface area contributed by atoms with E-state index in [1.54, 1.807) is 47.1 Å². The number of rotatable bonds is 4. The Hall–Kier alpha value is -3.00. The van der Waals surface area contributed by atoms with E-state index in [2.05, 4.69) is 5.16 Å². The molecule has 0 N–H and O–H groups in total. The summed E-state index contributed by atoms with van der Waals surface area (Å²) in [6, 6.07) is 10.1. The van der Waals surface area contributed by atoms with Crippen LogP contribution in [0.25, 0.3) is 10.4 Å². The Morgan fingerprint density at radius 2 is 1.77 bits per heavy atom. The molecule has 1 aromatic carbocycles. The van der Waals surface area contributed by atoms with Crippen molar-refractivity contribution in [3.63, 3.8) is 0 Å². The fraction of sp³-hybridized carbons (Fsp3) is 0.318. The maximum Gasteiger partial charge on any atom is 0.264 e. The van der Waals surface area contributed by atoms with Crippen molar-refractivity contribution in [2.75, 3.05) is 26.2 Å². The minimum atomic E-state index is -0.302. The summed E-state index contributed by atoms with van der Waals surface area (Å²) in [5, 5.41) is 3.89. The number of aromatic nitrogens is 1. The predicted molar refractivity (Wildman–Crippen MR) is 112 cm³/mol. The van der Waals surface area contributed by atoms with E-state index in [1.807, 2.05) is 6.92 Å². The van der Waals surface area contributed by atoms with Crippen LogP contribution in [-0.4, -0.2) is 52.9 Å². The number of carbonyl (C=O) groups is 2. The van der Waals surface area contributed by atoms with Crippen LogP contribution in [-0.2, 0) is 11.2 Å². The van der Waals surface area contributed by atoms with Crippen molar-refractivity contribution in [2.24, 2.45) is 0 Å². The standard InChI is InChI=1S/C22H22FN3O3S/c1-14-17(15(2)29-24-14)13-21(27)25-9-11-26(12-10-25)22(28)20-8-7-19(30-20)16-5-3-4-6-18(16)23/h3-8H,9-13H2,1-2H3. The van der Waals surface area contributed by atoms with Crippen LogP contribution < -0.4 is 0 Å². The van der Waals surface area contributed by atoms with Crippen molar-refractivity contribution in [1.82, 2.24) is 15.0 Å². The fourth-order valence-electron chi connectivity index (χ4n) is 3.59. The topological polar surface area (TPSA) is 66.7 Å². The molecule has 0 bridgehead atoms. The molecular formula is C22H22FN3O3S. The van der Waals surface area contributed by atoms with Gasteiger partial charge in [0.25, 0.3) is 5.91 Å². The van der Waals surface area contributed by atoms with Crippen molar-refractivity contribution in [1.29, 1.82) is 0 Å². The third-order valence-electron chi connectivity index (χ3n) is 5.38. The van der Waals surface area contributed by atoms with Crippen molar-refractivity contribution >= 4 is 23.2 Å². The first-order chi connectivity index (χ1) is 14.4. The summed E-state index contributed by atoms with van der Waals surface area (Å²) in [6.07, 6.45) is 0.256. The first kappa shape index (κ1) is 20.3. The lowest BCUT2D eigenvalue weighted by Crippen LogP contribution is -2.50. The molecule has 30 heavy (non-hydrogen) atoms. The number of carbonyl (C=O) groups excluding carboxylic acids is 2. The van der Waals surface area contributed by atoms with Gasteiger partial charge in [0.05, 0.1) is 17.0 Å². The second kappa shape index (κ2) is 8.39. The van der Waals surface area contributed by atoms with Gasteiger partial charge in [-0.3, -0.25) is 9.59 Å². The Bertz CT molecular complexity index is 1060. The summed E-state index contributed by atoms with van der Waals surface area (Å²) >= 11 is 1.29. The summed E-state index contributed by atoms with van der Waals surface area (Å²) < 4.78 is 19.1.